The first-order chi connectivity index (χ1) is 12.3. The summed E-state index contributed by atoms with van der Waals surface area (Å²) in [7, 11) is 0. The van der Waals surface area contributed by atoms with Gasteiger partial charge in [-0.3, -0.25) is 9.78 Å². The fraction of sp³-hybridized carbons (Fsp3) is 0.667. The number of Topliss-reactive ketones (excluding diaryl/α,β-unsaturated/α-hetero) is 1. The van der Waals surface area contributed by atoms with Gasteiger partial charge in [-0.2, -0.15) is 0 Å². The number of halogens is 1. The summed E-state index contributed by atoms with van der Waals surface area (Å²) in [5.74, 6) is 0.151. The van der Waals surface area contributed by atoms with Crippen LogP contribution in [-0.2, 0) is 25.4 Å². The van der Waals surface area contributed by atoms with Gasteiger partial charge in [0.15, 0.2) is 5.78 Å². The molecule has 0 aliphatic rings. The number of ether oxygens (including phenoxy) is 4. The van der Waals surface area contributed by atoms with Crippen LogP contribution in [0.1, 0.15) is 35.8 Å². The van der Waals surface area contributed by atoms with E-state index in [9.17, 15) is 4.79 Å². The van der Waals surface area contributed by atoms with Crippen LogP contribution in [0.15, 0.2) is 18.3 Å². The van der Waals surface area contributed by atoms with Crippen LogP contribution in [0.5, 0.6) is 0 Å². The summed E-state index contributed by atoms with van der Waals surface area (Å²) in [5, 5.41) is 0. The monoisotopic (exact) mass is 465 g/mol. The van der Waals surface area contributed by atoms with Gasteiger partial charge in [0.1, 0.15) is 0 Å². The van der Waals surface area contributed by atoms with Crippen molar-refractivity contribution in [3.63, 3.8) is 0 Å². The molecule has 0 aliphatic heterocycles. The zero-order valence-corrected chi connectivity index (χ0v) is 17.0. The van der Waals surface area contributed by atoms with Crippen molar-refractivity contribution < 1.29 is 23.7 Å². The molecule has 1 rings (SSSR count). The number of aryl methyl sites for hydroxylation is 1. The van der Waals surface area contributed by atoms with Gasteiger partial charge in [-0.15, -0.1) is 0 Å². The number of carbonyl (C=O) groups is 1. The fourth-order valence-corrected chi connectivity index (χ4v) is 2.37. The molecule has 0 aliphatic carbocycles. The molecular weight excluding hydrogens is 437 g/mol. The highest BCUT2D eigenvalue weighted by molar-refractivity contribution is 14.1. The lowest BCUT2D eigenvalue weighted by Crippen LogP contribution is -2.12. The van der Waals surface area contributed by atoms with Crippen LogP contribution in [0.4, 0.5) is 0 Å². The third kappa shape index (κ3) is 11.6. The van der Waals surface area contributed by atoms with Gasteiger partial charge in [0.25, 0.3) is 0 Å². The van der Waals surface area contributed by atoms with Crippen molar-refractivity contribution in [2.75, 3.05) is 50.9 Å². The molecule has 7 heteroatoms. The van der Waals surface area contributed by atoms with Crippen LogP contribution < -0.4 is 0 Å². The second kappa shape index (κ2) is 15.6. The lowest BCUT2D eigenvalue weighted by atomic mass is 10.1. The average molecular weight is 465 g/mol. The standard InChI is InChI=1S/C18H28INO5/c1-2-18(21)16-5-6-20-17(14-16)4-3-7-22-8-9-23-10-11-24-12-13-25-15-19/h5-6,14H,2-4,7-13,15H2,1H3. The molecule has 6 nitrogen and oxygen atoms in total. The van der Waals surface area contributed by atoms with E-state index in [4.69, 9.17) is 18.9 Å². The van der Waals surface area contributed by atoms with E-state index in [2.05, 4.69) is 27.6 Å². The summed E-state index contributed by atoms with van der Waals surface area (Å²) >= 11 is 2.16. The molecule has 0 atom stereocenters. The number of aromatic nitrogens is 1. The quantitative estimate of drug-likeness (QED) is 0.162. The molecule has 0 saturated heterocycles. The number of ketones is 1. The van der Waals surface area contributed by atoms with Gasteiger partial charge in [-0.25, -0.2) is 0 Å². The van der Waals surface area contributed by atoms with Gasteiger partial charge >= 0.3 is 0 Å². The highest BCUT2D eigenvalue weighted by Crippen LogP contribution is 2.07. The van der Waals surface area contributed by atoms with E-state index in [-0.39, 0.29) is 5.78 Å². The van der Waals surface area contributed by atoms with Crippen molar-refractivity contribution in [1.82, 2.24) is 4.98 Å². The van der Waals surface area contributed by atoms with Crippen molar-refractivity contribution in [3.05, 3.63) is 29.6 Å². The maximum Gasteiger partial charge on any atom is 0.162 e. The number of hydrogen-bond acceptors (Lipinski definition) is 6. The van der Waals surface area contributed by atoms with E-state index in [0.29, 0.717) is 57.3 Å². The van der Waals surface area contributed by atoms with E-state index >= 15 is 0 Å². The number of hydrogen-bond donors (Lipinski definition) is 0. The Morgan fingerprint density at radius 1 is 1.00 bits per heavy atom. The molecule has 0 N–H and O–H groups in total. The summed E-state index contributed by atoms with van der Waals surface area (Å²) in [4.78, 5) is 16.0. The van der Waals surface area contributed by atoms with Gasteiger partial charge in [-0.1, -0.05) is 29.5 Å². The first-order valence-electron chi connectivity index (χ1n) is 8.63. The molecule has 0 saturated carbocycles. The second-order valence-electron chi connectivity index (χ2n) is 5.27. The Hall–Kier alpha value is -0.610. The van der Waals surface area contributed by atoms with Gasteiger partial charge < -0.3 is 18.9 Å². The number of nitrogens with zero attached hydrogens (tertiary/aromatic N) is 1. The lowest BCUT2D eigenvalue weighted by molar-refractivity contribution is 0.00289. The maximum absolute atomic E-state index is 11.7. The molecule has 1 heterocycles. The maximum atomic E-state index is 11.7. The number of rotatable bonds is 16. The zero-order chi connectivity index (χ0) is 18.2. The minimum atomic E-state index is 0.151. The molecule has 0 spiro atoms. The first-order valence-corrected chi connectivity index (χ1v) is 10.2. The Balaban J connectivity index is 1.94. The summed E-state index contributed by atoms with van der Waals surface area (Å²) in [5.41, 5.74) is 1.67. The highest BCUT2D eigenvalue weighted by atomic mass is 127. The normalized spacial score (nSPS) is 11.0. The van der Waals surface area contributed by atoms with Crippen molar-refractivity contribution in [2.24, 2.45) is 0 Å². The second-order valence-corrected chi connectivity index (χ2v) is 5.89. The fourth-order valence-electron chi connectivity index (χ4n) is 2.06. The molecule has 25 heavy (non-hydrogen) atoms. The predicted molar refractivity (Wildman–Crippen MR) is 104 cm³/mol. The topological polar surface area (TPSA) is 66.9 Å². The molecule has 0 unspecified atom stereocenters. The number of carbonyl (C=O) groups excluding carboxylic acids is 1. The van der Waals surface area contributed by atoms with Gasteiger partial charge in [-0.05, 0) is 25.0 Å². The number of pyridine rings is 1. The van der Waals surface area contributed by atoms with Gasteiger partial charge in [0.2, 0.25) is 0 Å². The Kier molecular flexibility index (Phi) is 14.0. The van der Waals surface area contributed by atoms with Crippen LogP contribution in [0, 0.1) is 0 Å². The smallest absolute Gasteiger partial charge is 0.162 e. The van der Waals surface area contributed by atoms with Gasteiger partial charge in [0, 0.05) is 30.5 Å². The molecule has 0 bridgehead atoms. The first kappa shape index (κ1) is 22.4. The van der Waals surface area contributed by atoms with Crippen molar-refractivity contribution in [1.29, 1.82) is 0 Å². The molecule has 0 radical (unpaired) electrons. The van der Waals surface area contributed by atoms with Gasteiger partial charge in [0.05, 0.1) is 44.3 Å². The van der Waals surface area contributed by atoms with Crippen LogP contribution in [0.3, 0.4) is 0 Å². The highest BCUT2D eigenvalue weighted by Gasteiger charge is 2.04. The summed E-state index contributed by atoms with van der Waals surface area (Å²) < 4.78 is 22.1. The van der Waals surface area contributed by atoms with Crippen LogP contribution >= 0.6 is 22.6 Å². The minimum absolute atomic E-state index is 0.151. The van der Waals surface area contributed by atoms with Crippen molar-refractivity contribution in [2.45, 2.75) is 26.2 Å². The molecule has 1 aromatic rings. The van der Waals surface area contributed by atoms with Crippen LogP contribution in [-0.4, -0.2) is 61.6 Å². The molecular formula is C18H28INO5. The molecule has 0 aromatic carbocycles. The van der Waals surface area contributed by atoms with E-state index in [1.165, 1.54) is 0 Å². The SMILES string of the molecule is CCC(=O)c1ccnc(CCCOCCOCCOCCOCI)c1. The Bertz CT molecular complexity index is 473. The predicted octanol–water partition coefficient (Wildman–Crippen LogP) is 3.07. The number of alkyl halides is 1. The Morgan fingerprint density at radius 2 is 1.60 bits per heavy atom. The molecule has 0 amide bonds. The largest absolute Gasteiger partial charge is 0.379 e. The summed E-state index contributed by atoms with van der Waals surface area (Å²) in [6.07, 6.45) is 3.89. The van der Waals surface area contributed by atoms with E-state index in [0.717, 1.165) is 24.1 Å². The van der Waals surface area contributed by atoms with Crippen molar-refractivity contribution in [3.8, 4) is 0 Å². The van der Waals surface area contributed by atoms with Crippen LogP contribution in [0.2, 0.25) is 0 Å². The summed E-state index contributed by atoms with van der Waals surface area (Å²) in [6, 6.07) is 3.64. The molecule has 0 fully saturated rings. The average Bonchev–Trinajstić information content (AvgIpc) is 2.65. The zero-order valence-electron chi connectivity index (χ0n) is 14.9. The molecule has 142 valence electrons. The van der Waals surface area contributed by atoms with E-state index < -0.39 is 0 Å². The lowest BCUT2D eigenvalue weighted by Gasteiger charge is -2.07. The third-order valence-corrected chi connectivity index (χ3v) is 3.81. The minimum Gasteiger partial charge on any atom is -0.379 e. The third-order valence-electron chi connectivity index (χ3n) is 3.37. The van der Waals surface area contributed by atoms with Crippen LogP contribution in [0.25, 0.3) is 0 Å². The Labute approximate surface area is 163 Å². The van der Waals surface area contributed by atoms with Crippen molar-refractivity contribution >= 4 is 28.4 Å². The van der Waals surface area contributed by atoms with E-state index in [1.54, 1.807) is 12.3 Å². The Morgan fingerprint density at radius 3 is 2.20 bits per heavy atom. The summed E-state index contributed by atoms with van der Waals surface area (Å²) in [6.45, 7) is 6.01. The molecule has 1 aromatic heterocycles. The van der Waals surface area contributed by atoms with E-state index in [1.807, 2.05) is 13.0 Å².